The highest BCUT2D eigenvalue weighted by Crippen LogP contribution is 2.32. The van der Waals surface area contributed by atoms with Crippen molar-refractivity contribution in [3.8, 4) is 11.8 Å². The number of carbonyl (C=O) groups excluding carboxylic acids is 1. The molecule has 0 radical (unpaired) electrons. The number of nitro benzene ring substituents is 1. The molecule has 0 aliphatic carbocycles. The van der Waals surface area contributed by atoms with Gasteiger partial charge in [-0.15, -0.1) is 0 Å². The van der Waals surface area contributed by atoms with Gasteiger partial charge in [-0.2, -0.15) is 23.5 Å². The van der Waals surface area contributed by atoms with Crippen molar-refractivity contribution in [2.24, 2.45) is 0 Å². The molecule has 37 heavy (non-hydrogen) atoms. The number of rotatable bonds is 6. The van der Waals surface area contributed by atoms with Gasteiger partial charge >= 0.3 is 6.18 Å². The number of amides is 1. The molecule has 3 aromatic carbocycles. The Morgan fingerprint density at radius 1 is 1.08 bits per heavy atom. The van der Waals surface area contributed by atoms with E-state index >= 15 is 0 Å². The molecule has 0 saturated heterocycles. The highest BCUT2D eigenvalue weighted by molar-refractivity contribution is 6.03. The van der Waals surface area contributed by atoms with Crippen LogP contribution in [0.2, 0.25) is 0 Å². The van der Waals surface area contributed by atoms with Crippen molar-refractivity contribution in [2.45, 2.75) is 12.3 Å². The molecule has 0 spiro atoms. The van der Waals surface area contributed by atoms with Gasteiger partial charge in [0.05, 0.1) is 27.8 Å². The Morgan fingerprint density at radius 3 is 2.51 bits per heavy atom. The number of aliphatic hydroxyl groups is 1. The maximum Gasteiger partial charge on any atom is 0.435 e. The molecule has 4 aromatic rings. The molecular weight excluding hydrogens is 491 g/mol. The van der Waals surface area contributed by atoms with Crippen LogP contribution in [0.5, 0.6) is 0 Å². The molecule has 1 atom stereocenters. The highest BCUT2D eigenvalue weighted by atomic mass is 19.4. The number of hydrogen-bond acceptors (Lipinski definition) is 6. The van der Waals surface area contributed by atoms with Gasteiger partial charge in [0.2, 0.25) is 0 Å². The maximum atomic E-state index is 13.4. The van der Waals surface area contributed by atoms with E-state index in [4.69, 9.17) is 5.26 Å². The second kappa shape index (κ2) is 9.92. The number of nitriles is 1. The summed E-state index contributed by atoms with van der Waals surface area (Å²) in [4.78, 5) is 23.7. The molecule has 0 aliphatic rings. The molecule has 2 N–H and O–H groups in total. The van der Waals surface area contributed by atoms with Crippen molar-refractivity contribution in [1.29, 1.82) is 5.26 Å². The predicted octanol–water partition coefficient (Wildman–Crippen LogP) is 5.00. The summed E-state index contributed by atoms with van der Waals surface area (Å²) >= 11 is 0. The van der Waals surface area contributed by atoms with E-state index in [1.165, 1.54) is 72.8 Å². The van der Waals surface area contributed by atoms with Crippen LogP contribution in [0, 0.1) is 21.4 Å². The molecular formula is C25H16F3N5O4. The van der Waals surface area contributed by atoms with Crippen LogP contribution in [-0.2, 0) is 6.18 Å². The van der Waals surface area contributed by atoms with Gasteiger partial charge in [-0.25, -0.2) is 4.68 Å². The van der Waals surface area contributed by atoms with Crippen molar-refractivity contribution in [2.75, 3.05) is 5.32 Å². The third kappa shape index (κ3) is 5.31. The number of hydrogen-bond donors (Lipinski definition) is 2. The van der Waals surface area contributed by atoms with Gasteiger partial charge < -0.3 is 10.4 Å². The zero-order valence-electron chi connectivity index (χ0n) is 18.7. The summed E-state index contributed by atoms with van der Waals surface area (Å²) in [6.45, 7) is 0. The second-order valence-corrected chi connectivity index (χ2v) is 7.78. The lowest BCUT2D eigenvalue weighted by Gasteiger charge is -2.14. The summed E-state index contributed by atoms with van der Waals surface area (Å²) in [5.74, 6) is -0.942. The minimum absolute atomic E-state index is 0.0289. The summed E-state index contributed by atoms with van der Waals surface area (Å²) in [6, 6.07) is 19.4. The monoisotopic (exact) mass is 507 g/mol. The standard InChI is InChI=1S/C25H16F3N5O4/c26-25(27,28)22-13-21(32(31-22)18-8-3-5-15(11-18)14-29)24(35)30-17-7-4-6-16(12-17)23(34)19-9-1-2-10-20(19)33(36)37/h1-13,23,34H,(H,30,35). The van der Waals surface area contributed by atoms with Gasteiger partial charge in [0, 0.05) is 17.8 Å². The van der Waals surface area contributed by atoms with Crippen LogP contribution in [-0.4, -0.2) is 25.7 Å². The van der Waals surface area contributed by atoms with Gasteiger partial charge in [-0.05, 0) is 42.0 Å². The minimum Gasteiger partial charge on any atom is -0.383 e. The van der Waals surface area contributed by atoms with E-state index in [-0.39, 0.29) is 33.8 Å². The van der Waals surface area contributed by atoms with E-state index < -0.39 is 34.5 Å². The third-order valence-electron chi connectivity index (χ3n) is 5.34. The summed E-state index contributed by atoms with van der Waals surface area (Å²) < 4.78 is 41.0. The van der Waals surface area contributed by atoms with Gasteiger partial charge in [0.15, 0.2) is 5.69 Å². The van der Waals surface area contributed by atoms with Crippen LogP contribution in [0.25, 0.3) is 5.69 Å². The number of alkyl halides is 3. The number of carbonyl (C=O) groups is 1. The lowest BCUT2D eigenvalue weighted by atomic mass is 9.99. The normalized spacial score (nSPS) is 12.0. The van der Waals surface area contributed by atoms with Crippen LogP contribution in [0.1, 0.15) is 39.0 Å². The molecule has 0 fully saturated rings. The van der Waals surface area contributed by atoms with Crippen molar-refractivity contribution < 1.29 is 28.0 Å². The minimum atomic E-state index is -4.83. The Labute approximate surface area is 207 Å². The number of aromatic nitrogens is 2. The number of para-hydroxylation sites is 1. The van der Waals surface area contributed by atoms with E-state index in [1.54, 1.807) is 0 Å². The van der Waals surface area contributed by atoms with E-state index in [2.05, 4.69) is 10.4 Å². The SMILES string of the molecule is N#Cc1cccc(-n2nc(C(F)(F)F)cc2C(=O)Nc2cccc(C(O)c3ccccc3[N+](=O)[O-])c2)c1. The first-order valence-corrected chi connectivity index (χ1v) is 10.6. The summed E-state index contributed by atoms with van der Waals surface area (Å²) in [5, 5.41) is 37.2. The Kier molecular flexibility index (Phi) is 6.73. The Hall–Kier alpha value is -5.02. The first-order chi connectivity index (χ1) is 17.6. The molecule has 0 bridgehead atoms. The summed E-state index contributed by atoms with van der Waals surface area (Å²) in [6.07, 6.45) is -6.24. The van der Waals surface area contributed by atoms with Gasteiger partial charge in [0.1, 0.15) is 11.8 Å². The fourth-order valence-corrected chi connectivity index (χ4v) is 3.63. The number of nitrogens with one attached hydrogen (secondary N) is 1. The van der Waals surface area contributed by atoms with Gasteiger partial charge in [-0.3, -0.25) is 14.9 Å². The zero-order chi connectivity index (χ0) is 26.7. The van der Waals surface area contributed by atoms with Crippen molar-refractivity contribution >= 4 is 17.3 Å². The molecule has 1 unspecified atom stereocenters. The van der Waals surface area contributed by atoms with Crippen LogP contribution in [0.3, 0.4) is 0 Å². The Balaban J connectivity index is 1.68. The number of halogens is 3. The average molecular weight is 507 g/mol. The van der Waals surface area contributed by atoms with E-state index in [1.807, 2.05) is 6.07 Å². The van der Waals surface area contributed by atoms with Crippen LogP contribution in [0.15, 0.2) is 78.9 Å². The Morgan fingerprint density at radius 2 is 1.81 bits per heavy atom. The molecule has 12 heteroatoms. The molecule has 186 valence electrons. The quantitative estimate of drug-likeness (QED) is 0.279. The number of anilines is 1. The second-order valence-electron chi connectivity index (χ2n) is 7.78. The third-order valence-corrected chi connectivity index (χ3v) is 5.34. The van der Waals surface area contributed by atoms with Crippen molar-refractivity contribution in [3.63, 3.8) is 0 Å². The molecule has 0 saturated carbocycles. The maximum absolute atomic E-state index is 13.4. The van der Waals surface area contributed by atoms with Crippen LogP contribution in [0.4, 0.5) is 24.5 Å². The summed E-state index contributed by atoms with van der Waals surface area (Å²) in [5.41, 5.74) is -1.48. The Bertz CT molecular complexity index is 1540. The first kappa shape index (κ1) is 25.1. The fourth-order valence-electron chi connectivity index (χ4n) is 3.63. The smallest absolute Gasteiger partial charge is 0.383 e. The predicted molar refractivity (Wildman–Crippen MR) is 125 cm³/mol. The first-order valence-electron chi connectivity index (χ1n) is 10.6. The number of aliphatic hydroxyl groups excluding tert-OH is 1. The molecule has 1 heterocycles. The topological polar surface area (TPSA) is 134 Å². The van der Waals surface area contributed by atoms with E-state index in [9.17, 15) is 33.2 Å². The van der Waals surface area contributed by atoms with Crippen molar-refractivity contribution in [1.82, 2.24) is 9.78 Å². The summed E-state index contributed by atoms with van der Waals surface area (Å²) in [7, 11) is 0. The van der Waals surface area contributed by atoms with Crippen molar-refractivity contribution in [3.05, 3.63) is 117 Å². The van der Waals surface area contributed by atoms with Crippen LogP contribution >= 0.6 is 0 Å². The lowest BCUT2D eigenvalue weighted by molar-refractivity contribution is -0.386. The molecule has 4 rings (SSSR count). The number of benzene rings is 3. The van der Waals surface area contributed by atoms with Gasteiger partial charge in [0.25, 0.3) is 11.6 Å². The largest absolute Gasteiger partial charge is 0.435 e. The molecule has 9 nitrogen and oxygen atoms in total. The van der Waals surface area contributed by atoms with Gasteiger partial charge in [-0.1, -0.05) is 30.3 Å². The average Bonchev–Trinajstić information content (AvgIpc) is 3.35. The zero-order valence-corrected chi connectivity index (χ0v) is 18.7. The molecule has 1 amide bonds. The highest BCUT2D eigenvalue weighted by Gasteiger charge is 2.36. The number of nitrogens with zero attached hydrogens (tertiary/aromatic N) is 4. The van der Waals surface area contributed by atoms with E-state index in [0.29, 0.717) is 6.07 Å². The molecule has 1 aromatic heterocycles. The fraction of sp³-hybridized carbons (Fsp3) is 0.0800. The molecule has 0 aliphatic heterocycles. The number of nitro groups is 1. The lowest BCUT2D eigenvalue weighted by Crippen LogP contribution is -2.17. The van der Waals surface area contributed by atoms with E-state index in [0.717, 1.165) is 4.68 Å². The van der Waals surface area contributed by atoms with Crippen LogP contribution < -0.4 is 5.32 Å².